The lowest BCUT2D eigenvalue weighted by molar-refractivity contribution is -0.135. The van der Waals surface area contributed by atoms with Crippen molar-refractivity contribution in [2.24, 2.45) is 0 Å². The molecule has 1 atom stereocenters. The number of ketones is 1. The number of hydrogen-bond donors (Lipinski definition) is 1. The highest BCUT2D eigenvalue weighted by molar-refractivity contribution is 14.1. The summed E-state index contributed by atoms with van der Waals surface area (Å²) >= 11 is 2.17. The van der Waals surface area contributed by atoms with E-state index in [0.717, 1.165) is 9.13 Å². The van der Waals surface area contributed by atoms with Gasteiger partial charge in [-0.05, 0) is 52.8 Å². The number of hydrogen-bond acceptors (Lipinski definition) is 3. The summed E-state index contributed by atoms with van der Waals surface area (Å²) in [6.07, 6.45) is 0.396. The second kappa shape index (κ2) is 8.08. The zero-order chi connectivity index (χ0) is 20.4. The first-order valence-electron chi connectivity index (χ1n) is 9.45. The monoisotopic (exact) mass is 497 g/mol. The first-order valence-corrected chi connectivity index (χ1v) is 10.5. The van der Waals surface area contributed by atoms with Gasteiger partial charge in [-0.2, -0.15) is 0 Å². The molecule has 1 heterocycles. The summed E-state index contributed by atoms with van der Waals surface area (Å²) < 4.78 is 1.02. The molecule has 0 bridgehead atoms. The van der Waals surface area contributed by atoms with Crippen LogP contribution in [0.25, 0.3) is 0 Å². The van der Waals surface area contributed by atoms with Gasteiger partial charge in [-0.1, -0.05) is 60.7 Å². The maximum atomic E-state index is 13.2. The van der Waals surface area contributed by atoms with Crippen molar-refractivity contribution < 1.29 is 14.7 Å². The van der Waals surface area contributed by atoms with Crippen molar-refractivity contribution >= 4 is 40.0 Å². The Morgan fingerprint density at radius 2 is 1.59 bits per heavy atom. The zero-order valence-electron chi connectivity index (χ0n) is 15.7. The summed E-state index contributed by atoms with van der Waals surface area (Å²) in [6, 6.07) is 24.2. The molecule has 0 aromatic heterocycles. The first-order chi connectivity index (χ1) is 14.0. The lowest BCUT2D eigenvalue weighted by Gasteiger charge is -2.23. The van der Waals surface area contributed by atoms with Crippen LogP contribution in [0.15, 0.2) is 78.9 Å². The van der Waals surface area contributed by atoms with E-state index < -0.39 is 11.5 Å². The van der Waals surface area contributed by atoms with Crippen LogP contribution in [0.2, 0.25) is 0 Å². The van der Waals surface area contributed by atoms with Crippen LogP contribution in [0, 0.1) is 3.57 Å². The largest absolute Gasteiger partial charge is 0.375 e. The SMILES string of the molecule is O=C(C[C@@]1(O)C(=O)N(CCc2ccccc2)c2ccccc21)c1ccc(I)cc1. The van der Waals surface area contributed by atoms with Gasteiger partial charge in [-0.25, -0.2) is 0 Å². The lowest BCUT2D eigenvalue weighted by atomic mass is 9.88. The fraction of sp³-hybridized carbons (Fsp3) is 0.167. The van der Waals surface area contributed by atoms with Gasteiger partial charge in [0.1, 0.15) is 0 Å². The molecule has 0 spiro atoms. The van der Waals surface area contributed by atoms with Crippen molar-refractivity contribution in [1.82, 2.24) is 0 Å². The van der Waals surface area contributed by atoms with Crippen LogP contribution in [0.1, 0.15) is 27.9 Å². The van der Waals surface area contributed by atoms with Gasteiger partial charge in [0, 0.05) is 21.2 Å². The Balaban J connectivity index is 1.60. The van der Waals surface area contributed by atoms with E-state index >= 15 is 0 Å². The van der Waals surface area contributed by atoms with E-state index in [4.69, 9.17) is 0 Å². The summed E-state index contributed by atoms with van der Waals surface area (Å²) in [5.74, 6) is -0.689. The van der Waals surface area contributed by atoms with Crippen molar-refractivity contribution in [2.45, 2.75) is 18.4 Å². The Labute approximate surface area is 183 Å². The highest BCUT2D eigenvalue weighted by Gasteiger charge is 2.50. The third-order valence-electron chi connectivity index (χ3n) is 5.29. The minimum absolute atomic E-state index is 0.253. The van der Waals surface area contributed by atoms with Gasteiger partial charge in [-0.15, -0.1) is 0 Å². The molecule has 0 aliphatic carbocycles. The molecule has 29 heavy (non-hydrogen) atoms. The zero-order valence-corrected chi connectivity index (χ0v) is 17.9. The van der Waals surface area contributed by atoms with Crippen molar-refractivity contribution in [3.8, 4) is 0 Å². The second-order valence-corrected chi connectivity index (χ2v) is 8.42. The molecule has 5 heteroatoms. The predicted molar refractivity (Wildman–Crippen MR) is 121 cm³/mol. The summed E-state index contributed by atoms with van der Waals surface area (Å²) in [4.78, 5) is 27.7. The minimum Gasteiger partial charge on any atom is -0.375 e. The van der Waals surface area contributed by atoms with E-state index in [1.54, 1.807) is 29.2 Å². The van der Waals surface area contributed by atoms with E-state index in [2.05, 4.69) is 22.6 Å². The third kappa shape index (κ3) is 3.84. The summed E-state index contributed by atoms with van der Waals surface area (Å²) in [5, 5.41) is 11.4. The number of benzene rings is 3. The summed E-state index contributed by atoms with van der Waals surface area (Å²) in [7, 11) is 0. The van der Waals surface area contributed by atoms with Crippen LogP contribution >= 0.6 is 22.6 Å². The van der Waals surface area contributed by atoms with Gasteiger partial charge in [0.25, 0.3) is 5.91 Å². The van der Waals surface area contributed by atoms with E-state index in [9.17, 15) is 14.7 Å². The maximum Gasteiger partial charge on any atom is 0.264 e. The van der Waals surface area contributed by atoms with Crippen LogP contribution in [-0.4, -0.2) is 23.3 Å². The van der Waals surface area contributed by atoms with Crippen LogP contribution in [0.4, 0.5) is 5.69 Å². The van der Waals surface area contributed by atoms with Gasteiger partial charge in [0.15, 0.2) is 11.4 Å². The van der Waals surface area contributed by atoms with Crippen molar-refractivity contribution in [2.75, 3.05) is 11.4 Å². The molecule has 3 aromatic carbocycles. The van der Waals surface area contributed by atoms with Crippen molar-refractivity contribution in [3.63, 3.8) is 0 Å². The normalized spacial score (nSPS) is 18.0. The molecule has 0 saturated carbocycles. The summed E-state index contributed by atoms with van der Waals surface area (Å²) in [6.45, 7) is 0.444. The Kier molecular flexibility index (Phi) is 5.52. The lowest BCUT2D eigenvalue weighted by Crippen LogP contribution is -2.42. The predicted octanol–water partition coefficient (Wildman–Crippen LogP) is 4.34. The molecule has 4 nitrogen and oxygen atoms in total. The van der Waals surface area contributed by atoms with Crippen molar-refractivity contribution in [3.05, 3.63) is 99.1 Å². The number of amides is 1. The Morgan fingerprint density at radius 1 is 0.931 bits per heavy atom. The standard InChI is InChI=1S/C24H20INO3/c25-19-12-10-18(11-13-19)22(27)16-24(29)20-8-4-5-9-21(20)26(23(24)28)15-14-17-6-2-1-3-7-17/h1-13,29H,14-16H2/t24-/m0/s1. The molecule has 1 amide bonds. The molecule has 0 saturated heterocycles. The number of rotatable bonds is 6. The molecule has 1 aliphatic rings. The van der Waals surface area contributed by atoms with Gasteiger partial charge in [0.05, 0.1) is 12.1 Å². The molecule has 1 aliphatic heterocycles. The quantitative estimate of drug-likeness (QED) is 0.407. The molecule has 3 aromatic rings. The highest BCUT2D eigenvalue weighted by Crippen LogP contribution is 2.42. The van der Waals surface area contributed by atoms with E-state index in [1.807, 2.05) is 54.6 Å². The van der Waals surface area contributed by atoms with Crippen LogP contribution in [0.3, 0.4) is 0 Å². The molecular formula is C24H20INO3. The number of anilines is 1. The van der Waals surface area contributed by atoms with E-state index in [0.29, 0.717) is 29.8 Å². The van der Waals surface area contributed by atoms with Crippen LogP contribution in [-0.2, 0) is 16.8 Å². The second-order valence-electron chi connectivity index (χ2n) is 7.18. The molecule has 0 radical (unpaired) electrons. The van der Waals surface area contributed by atoms with Gasteiger partial charge in [-0.3, -0.25) is 9.59 Å². The molecule has 0 fully saturated rings. The molecule has 4 rings (SSSR count). The number of aliphatic hydroxyl groups is 1. The number of para-hydroxylation sites is 1. The number of carbonyl (C=O) groups excluding carboxylic acids is 2. The van der Waals surface area contributed by atoms with Crippen molar-refractivity contribution in [1.29, 1.82) is 0 Å². The smallest absolute Gasteiger partial charge is 0.264 e. The fourth-order valence-electron chi connectivity index (χ4n) is 3.76. The first kappa shape index (κ1) is 19.8. The van der Waals surface area contributed by atoms with E-state index in [-0.39, 0.29) is 12.2 Å². The number of Topliss-reactive ketones (excluding diaryl/α,β-unsaturated/α-hetero) is 1. The number of fused-ring (bicyclic) bond motifs is 1. The van der Waals surface area contributed by atoms with Crippen LogP contribution < -0.4 is 4.90 Å². The topological polar surface area (TPSA) is 57.6 Å². The molecule has 1 N–H and O–H groups in total. The van der Waals surface area contributed by atoms with Gasteiger partial charge >= 0.3 is 0 Å². The Hall–Kier alpha value is -2.51. The number of carbonyl (C=O) groups is 2. The Bertz CT molecular complexity index is 1050. The number of nitrogens with zero attached hydrogens (tertiary/aromatic N) is 1. The van der Waals surface area contributed by atoms with E-state index in [1.165, 1.54) is 0 Å². The minimum atomic E-state index is -1.84. The average molecular weight is 497 g/mol. The van der Waals surface area contributed by atoms with Crippen LogP contribution in [0.5, 0.6) is 0 Å². The molecule has 0 unspecified atom stereocenters. The average Bonchev–Trinajstić information content (AvgIpc) is 2.95. The molecular weight excluding hydrogens is 477 g/mol. The third-order valence-corrected chi connectivity index (χ3v) is 6.01. The van der Waals surface area contributed by atoms with Gasteiger partial charge < -0.3 is 10.0 Å². The fourth-order valence-corrected chi connectivity index (χ4v) is 4.11. The number of halogens is 1. The molecule has 146 valence electrons. The maximum absolute atomic E-state index is 13.2. The van der Waals surface area contributed by atoms with Gasteiger partial charge in [0.2, 0.25) is 0 Å². The highest BCUT2D eigenvalue weighted by atomic mass is 127. The Morgan fingerprint density at radius 3 is 2.31 bits per heavy atom. The summed E-state index contributed by atoms with van der Waals surface area (Å²) in [5.41, 5.74) is 0.936.